The predicted octanol–water partition coefficient (Wildman–Crippen LogP) is 8.91. The van der Waals surface area contributed by atoms with Crippen molar-refractivity contribution in [1.29, 1.82) is 0 Å². The molecule has 0 saturated carbocycles. The first-order valence-corrected chi connectivity index (χ1v) is 15.7. The van der Waals surface area contributed by atoms with Gasteiger partial charge in [0.05, 0.1) is 40.3 Å². The molecule has 0 aliphatic heterocycles. The number of rotatable bonds is 23. The van der Waals surface area contributed by atoms with Crippen LogP contribution in [0, 0.1) is 0 Å². The Bertz CT molecular complexity index is 880. The van der Waals surface area contributed by atoms with E-state index in [-0.39, 0.29) is 5.97 Å². The summed E-state index contributed by atoms with van der Waals surface area (Å²) in [7, 11) is 4.43. The van der Waals surface area contributed by atoms with Gasteiger partial charge in [-0.1, -0.05) is 113 Å². The molecule has 4 heteroatoms. The summed E-state index contributed by atoms with van der Waals surface area (Å²) in [6.07, 6.45) is 17.7. The third kappa shape index (κ3) is 16.4. The molecule has 0 aliphatic rings. The summed E-state index contributed by atoms with van der Waals surface area (Å²) in [5.41, 5.74) is 2.64. The molecule has 0 radical (unpaired) electrons. The lowest BCUT2D eigenvalue weighted by Crippen LogP contribution is -2.39. The Hall–Kier alpha value is -2.33. The summed E-state index contributed by atoms with van der Waals surface area (Å²) in [4.78, 5) is 12.2. The third-order valence-electron chi connectivity index (χ3n) is 7.43. The second-order valence-electron chi connectivity index (χ2n) is 11.7. The van der Waals surface area contributed by atoms with E-state index in [0.29, 0.717) is 19.6 Å². The van der Waals surface area contributed by atoms with Crippen LogP contribution in [0.3, 0.4) is 0 Å². The standard InChI is InChI=1S/C35H56NO3/c1-4-5-6-7-8-9-10-11-12-16-24-33-25-17-18-26-34(33)38-29-19-20-30-39-35(37)27-21-28-36(2,3)31-32-22-14-13-15-23-32/h13-15,17-18,22-23,25-26H,4-12,16,19-21,24,27-31H2,1-3H3/q+1. The van der Waals surface area contributed by atoms with Crippen LogP contribution in [0.15, 0.2) is 54.6 Å². The van der Waals surface area contributed by atoms with E-state index in [2.05, 4.69) is 69.6 Å². The molecular formula is C35H56NO3+. The minimum absolute atomic E-state index is 0.0857. The third-order valence-corrected chi connectivity index (χ3v) is 7.43. The van der Waals surface area contributed by atoms with E-state index >= 15 is 0 Å². The van der Waals surface area contributed by atoms with Crippen LogP contribution >= 0.6 is 0 Å². The SMILES string of the molecule is CCCCCCCCCCCCc1ccccc1OCCCCOC(=O)CCC[N+](C)(C)Cc1ccccc1. The highest BCUT2D eigenvalue weighted by Gasteiger charge is 2.16. The predicted molar refractivity (Wildman–Crippen MR) is 164 cm³/mol. The fraction of sp³-hybridized carbons (Fsp3) is 0.629. The van der Waals surface area contributed by atoms with Gasteiger partial charge in [0.15, 0.2) is 0 Å². The van der Waals surface area contributed by atoms with Crippen LogP contribution in [-0.2, 0) is 22.5 Å². The topological polar surface area (TPSA) is 35.5 Å². The number of ether oxygens (including phenoxy) is 2. The quantitative estimate of drug-likeness (QED) is 0.0805. The number of nitrogens with zero attached hydrogens (tertiary/aromatic N) is 1. The molecule has 0 unspecified atom stereocenters. The fourth-order valence-electron chi connectivity index (χ4n) is 5.11. The Kier molecular flexibility index (Phi) is 17.3. The second-order valence-corrected chi connectivity index (χ2v) is 11.7. The minimum Gasteiger partial charge on any atom is -0.493 e. The number of benzene rings is 2. The van der Waals surface area contributed by atoms with Gasteiger partial charge in [-0.15, -0.1) is 0 Å². The lowest BCUT2D eigenvalue weighted by atomic mass is 10.0. The van der Waals surface area contributed by atoms with Crippen molar-refractivity contribution < 1.29 is 18.8 Å². The average Bonchev–Trinajstić information content (AvgIpc) is 2.92. The lowest BCUT2D eigenvalue weighted by Gasteiger charge is -2.29. The Morgan fingerprint density at radius 1 is 0.692 bits per heavy atom. The number of hydrogen-bond donors (Lipinski definition) is 0. The van der Waals surface area contributed by atoms with Crippen molar-refractivity contribution in [2.75, 3.05) is 33.9 Å². The Morgan fingerprint density at radius 2 is 1.31 bits per heavy atom. The number of quaternary nitrogens is 1. The molecule has 2 aromatic rings. The molecule has 0 atom stereocenters. The van der Waals surface area contributed by atoms with E-state index in [4.69, 9.17) is 9.47 Å². The highest BCUT2D eigenvalue weighted by molar-refractivity contribution is 5.69. The first-order valence-electron chi connectivity index (χ1n) is 15.7. The van der Waals surface area contributed by atoms with Gasteiger partial charge < -0.3 is 14.0 Å². The second kappa shape index (κ2) is 20.6. The van der Waals surface area contributed by atoms with E-state index in [1.165, 1.54) is 75.3 Å². The van der Waals surface area contributed by atoms with Crippen LogP contribution in [-0.4, -0.2) is 44.3 Å². The first-order chi connectivity index (χ1) is 19.0. The highest BCUT2D eigenvalue weighted by Crippen LogP contribution is 2.21. The molecule has 0 heterocycles. The smallest absolute Gasteiger partial charge is 0.306 e. The number of aryl methyl sites for hydroxylation is 1. The minimum atomic E-state index is -0.0857. The maximum atomic E-state index is 12.2. The molecule has 2 aromatic carbocycles. The van der Waals surface area contributed by atoms with Crippen LogP contribution in [0.5, 0.6) is 5.75 Å². The maximum absolute atomic E-state index is 12.2. The van der Waals surface area contributed by atoms with Gasteiger partial charge in [0.2, 0.25) is 0 Å². The molecule has 0 bridgehead atoms. The van der Waals surface area contributed by atoms with Crippen LogP contribution in [0.25, 0.3) is 0 Å². The van der Waals surface area contributed by atoms with Crippen molar-refractivity contribution in [3.05, 3.63) is 65.7 Å². The van der Waals surface area contributed by atoms with Crippen molar-refractivity contribution in [2.45, 2.75) is 110 Å². The van der Waals surface area contributed by atoms with Crippen LogP contribution in [0.1, 0.15) is 108 Å². The van der Waals surface area contributed by atoms with Crippen molar-refractivity contribution in [1.82, 2.24) is 0 Å². The molecule has 39 heavy (non-hydrogen) atoms. The van der Waals surface area contributed by atoms with Crippen LogP contribution in [0.4, 0.5) is 0 Å². The maximum Gasteiger partial charge on any atom is 0.306 e. The van der Waals surface area contributed by atoms with Gasteiger partial charge in [0, 0.05) is 12.0 Å². The summed E-state index contributed by atoms with van der Waals surface area (Å²) in [6, 6.07) is 19.0. The number of unbranched alkanes of at least 4 members (excludes halogenated alkanes) is 10. The molecule has 0 spiro atoms. The van der Waals surface area contributed by atoms with E-state index in [0.717, 1.165) is 49.0 Å². The molecule has 218 valence electrons. The van der Waals surface area contributed by atoms with Gasteiger partial charge in [0.25, 0.3) is 0 Å². The molecule has 0 saturated heterocycles. The number of para-hydroxylation sites is 1. The Labute approximate surface area is 239 Å². The van der Waals surface area contributed by atoms with Gasteiger partial charge in [-0.3, -0.25) is 4.79 Å². The fourth-order valence-corrected chi connectivity index (χ4v) is 5.11. The average molecular weight is 539 g/mol. The zero-order valence-corrected chi connectivity index (χ0v) is 25.3. The van der Waals surface area contributed by atoms with Crippen molar-refractivity contribution in [2.24, 2.45) is 0 Å². The van der Waals surface area contributed by atoms with E-state index in [1.807, 2.05) is 6.07 Å². The molecule has 0 fully saturated rings. The van der Waals surface area contributed by atoms with Crippen LogP contribution < -0.4 is 4.74 Å². The molecule has 4 nitrogen and oxygen atoms in total. The van der Waals surface area contributed by atoms with Crippen LogP contribution in [0.2, 0.25) is 0 Å². The summed E-state index contributed by atoms with van der Waals surface area (Å²) in [5, 5.41) is 0. The summed E-state index contributed by atoms with van der Waals surface area (Å²) >= 11 is 0. The van der Waals surface area contributed by atoms with E-state index in [1.54, 1.807) is 0 Å². The summed E-state index contributed by atoms with van der Waals surface area (Å²) < 4.78 is 12.4. The first kappa shape index (κ1) is 32.9. The molecule has 0 N–H and O–H groups in total. The zero-order valence-electron chi connectivity index (χ0n) is 25.3. The van der Waals surface area contributed by atoms with Crippen molar-refractivity contribution >= 4 is 5.97 Å². The van der Waals surface area contributed by atoms with Gasteiger partial charge in [-0.2, -0.15) is 0 Å². The molecule has 0 amide bonds. The molecule has 0 aliphatic carbocycles. The largest absolute Gasteiger partial charge is 0.493 e. The summed E-state index contributed by atoms with van der Waals surface area (Å²) in [5.74, 6) is 0.930. The van der Waals surface area contributed by atoms with Gasteiger partial charge in [-0.05, 0) is 37.3 Å². The van der Waals surface area contributed by atoms with E-state index in [9.17, 15) is 4.79 Å². The summed E-state index contributed by atoms with van der Waals surface area (Å²) in [6.45, 7) is 5.34. The van der Waals surface area contributed by atoms with E-state index < -0.39 is 0 Å². The Morgan fingerprint density at radius 3 is 2.03 bits per heavy atom. The molecule has 2 rings (SSSR count). The zero-order chi connectivity index (χ0) is 28.0. The normalized spacial score (nSPS) is 11.5. The van der Waals surface area contributed by atoms with Gasteiger partial charge >= 0.3 is 5.97 Å². The number of carbonyl (C=O) groups excluding carboxylic acids is 1. The molecule has 0 aromatic heterocycles. The lowest BCUT2D eigenvalue weighted by molar-refractivity contribution is -0.903. The monoisotopic (exact) mass is 538 g/mol. The highest BCUT2D eigenvalue weighted by atomic mass is 16.5. The van der Waals surface area contributed by atoms with Gasteiger partial charge in [0.1, 0.15) is 12.3 Å². The number of esters is 1. The number of carbonyl (C=O) groups is 1. The molecular weight excluding hydrogens is 482 g/mol. The van der Waals surface area contributed by atoms with Crippen molar-refractivity contribution in [3.8, 4) is 5.75 Å². The van der Waals surface area contributed by atoms with Gasteiger partial charge in [-0.25, -0.2) is 0 Å². The number of hydrogen-bond acceptors (Lipinski definition) is 3. The Balaban J connectivity index is 1.49. The van der Waals surface area contributed by atoms with Crippen molar-refractivity contribution in [3.63, 3.8) is 0 Å².